The van der Waals surface area contributed by atoms with Crippen molar-refractivity contribution in [3.8, 4) is 0 Å². The summed E-state index contributed by atoms with van der Waals surface area (Å²) >= 11 is 0. The number of nitrogens with one attached hydrogen (secondary N) is 1. The van der Waals surface area contributed by atoms with Crippen molar-refractivity contribution in [1.29, 1.82) is 0 Å². The lowest BCUT2D eigenvalue weighted by atomic mass is 9.70. The molecule has 3 aliphatic rings. The van der Waals surface area contributed by atoms with Crippen LogP contribution in [0.4, 0.5) is 0 Å². The second-order valence-corrected chi connectivity index (χ2v) is 7.48. The molecule has 0 amide bonds. The normalized spacial score (nSPS) is 42.3. The first-order chi connectivity index (χ1) is 10.3. The van der Waals surface area contributed by atoms with E-state index in [0.717, 1.165) is 50.9 Å². The van der Waals surface area contributed by atoms with E-state index in [4.69, 9.17) is 15.3 Å². The van der Waals surface area contributed by atoms with Gasteiger partial charge in [-0.15, -0.1) is 0 Å². The van der Waals surface area contributed by atoms with Gasteiger partial charge in [0.25, 0.3) is 0 Å². The minimum Gasteiger partial charge on any atom is -0.378 e. The van der Waals surface area contributed by atoms with Gasteiger partial charge in [-0.1, -0.05) is 26.2 Å². The molecule has 4 heteroatoms. The summed E-state index contributed by atoms with van der Waals surface area (Å²) in [5.41, 5.74) is 3.19. The Labute approximate surface area is 129 Å². The van der Waals surface area contributed by atoms with Gasteiger partial charge in [0.15, 0.2) is 0 Å². The lowest BCUT2D eigenvalue weighted by molar-refractivity contribution is -0.107. The maximum Gasteiger partial charge on any atom is 0.0939 e. The van der Waals surface area contributed by atoms with E-state index < -0.39 is 0 Å². The number of hydrogen-bond acceptors (Lipinski definition) is 4. The van der Waals surface area contributed by atoms with Gasteiger partial charge in [-0.2, -0.15) is 0 Å². The van der Waals surface area contributed by atoms with Crippen LogP contribution < -0.4 is 11.3 Å². The van der Waals surface area contributed by atoms with Gasteiger partial charge >= 0.3 is 0 Å². The van der Waals surface area contributed by atoms with Crippen molar-refractivity contribution in [3.05, 3.63) is 0 Å². The minimum atomic E-state index is -0.00313. The molecule has 3 N–H and O–H groups in total. The molecule has 1 spiro atoms. The summed E-state index contributed by atoms with van der Waals surface area (Å²) < 4.78 is 11.7. The second kappa shape index (κ2) is 6.95. The number of hydrogen-bond donors (Lipinski definition) is 2. The molecule has 2 heterocycles. The van der Waals surface area contributed by atoms with E-state index in [-0.39, 0.29) is 5.60 Å². The van der Waals surface area contributed by atoms with Crippen molar-refractivity contribution < 1.29 is 9.47 Å². The predicted molar refractivity (Wildman–Crippen MR) is 83.7 cm³/mol. The first-order valence-corrected chi connectivity index (χ1v) is 8.94. The Balaban J connectivity index is 1.64. The molecule has 0 aromatic rings. The molecule has 0 aromatic heterocycles. The fourth-order valence-corrected chi connectivity index (χ4v) is 4.92. The molecule has 1 aliphatic carbocycles. The van der Waals surface area contributed by atoms with Crippen molar-refractivity contribution in [2.75, 3.05) is 19.8 Å². The van der Waals surface area contributed by atoms with Gasteiger partial charge in [0.2, 0.25) is 0 Å². The Morgan fingerprint density at radius 1 is 1.24 bits per heavy atom. The van der Waals surface area contributed by atoms with Crippen molar-refractivity contribution in [3.63, 3.8) is 0 Å². The van der Waals surface area contributed by atoms with Crippen molar-refractivity contribution in [2.45, 2.75) is 69.9 Å². The van der Waals surface area contributed by atoms with Gasteiger partial charge in [-0.05, 0) is 43.4 Å². The zero-order valence-corrected chi connectivity index (χ0v) is 13.5. The van der Waals surface area contributed by atoms with Crippen LogP contribution in [0.25, 0.3) is 0 Å². The molecule has 0 radical (unpaired) electrons. The van der Waals surface area contributed by atoms with Crippen LogP contribution in [-0.2, 0) is 9.47 Å². The van der Waals surface area contributed by atoms with Gasteiger partial charge in [-0.25, -0.2) is 0 Å². The number of rotatable bonds is 4. The topological polar surface area (TPSA) is 56.5 Å². The summed E-state index contributed by atoms with van der Waals surface area (Å²) in [6.07, 6.45) is 10.1. The Morgan fingerprint density at radius 2 is 2.14 bits per heavy atom. The van der Waals surface area contributed by atoms with Crippen LogP contribution in [0.1, 0.15) is 58.3 Å². The average molecular weight is 296 g/mol. The highest BCUT2D eigenvalue weighted by atomic mass is 16.6. The standard InChI is InChI=1S/C17H32N2O2/c1-2-13-4-3-5-14(10-13)16(19-18)15-6-8-21-17(11-15)7-9-20-12-17/h13-16,19H,2-12,18H2,1H3. The summed E-state index contributed by atoms with van der Waals surface area (Å²) in [5, 5.41) is 0. The van der Waals surface area contributed by atoms with Crippen LogP contribution in [0.5, 0.6) is 0 Å². The van der Waals surface area contributed by atoms with Crippen LogP contribution in [0, 0.1) is 17.8 Å². The molecule has 1 saturated carbocycles. The zero-order chi connectivity index (χ0) is 14.7. The second-order valence-electron chi connectivity index (χ2n) is 7.48. The van der Waals surface area contributed by atoms with Gasteiger partial charge in [0, 0.05) is 25.7 Å². The summed E-state index contributed by atoms with van der Waals surface area (Å²) in [7, 11) is 0. The third-order valence-corrected chi connectivity index (χ3v) is 6.21. The predicted octanol–water partition coefficient (Wildman–Crippen LogP) is 2.62. The first kappa shape index (κ1) is 15.7. The molecule has 2 saturated heterocycles. The van der Waals surface area contributed by atoms with E-state index in [1.165, 1.54) is 32.1 Å². The van der Waals surface area contributed by atoms with Gasteiger partial charge in [-0.3, -0.25) is 11.3 Å². The highest BCUT2D eigenvalue weighted by molar-refractivity contribution is 4.95. The lowest BCUT2D eigenvalue weighted by Gasteiger charge is -2.44. The summed E-state index contributed by atoms with van der Waals surface area (Å²) in [4.78, 5) is 0. The van der Waals surface area contributed by atoms with E-state index in [2.05, 4.69) is 12.3 Å². The fourth-order valence-electron chi connectivity index (χ4n) is 4.92. The average Bonchev–Trinajstić information content (AvgIpc) is 2.96. The van der Waals surface area contributed by atoms with Gasteiger partial charge < -0.3 is 9.47 Å². The van der Waals surface area contributed by atoms with E-state index in [9.17, 15) is 0 Å². The molecule has 5 atom stereocenters. The number of nitrogens with two attached hydrogens (primary N) is 1. The van der Waals surface area contributed by atoms with Crippen molar-refractivity contribution in [2.24, 2.45) is 23.6 Å². The molecule has 2 aliphatic heterocycles. The van der Waals surface area contributed by atoms with Crippen LogP contribution in [0.3, 0.4) is 0 Å². The third kappa shape index (κ3) is 3.44. The molecule has 0 bridgehead atoms. The maximum absolute atomic E-state index is 6.09. The molecule has 5 unspecified atom stereocenters. The fraction of sp³-hybridized carbons (Fsp3) is 1.00. The van der Waals surface area contributed by atoms with Crippen LogP contribution >= 0.6 is 0 Å². The van der Waals surface area contributed by atoms with E-state index in [0.29, 0.717) is 12.0 Å². The minimum absolute atomic E-state index is 0.00313. The van der Waals surface area contributed by atoms with Crippen LogP contribution in [-0.4, -0.2) is 31.5 Å². The van der Waals surface area contributed by atoms with E-state index >= 15 is 0 Å². The highest BCUT2D eigenvalue weighted by Crippen LogP contribution is 2.41. The Morgan fingerprint density at radius 3 is 2.86 bits per heavy atom. The summed E-state index contributed by atoms with van der Waals surface area (Å²) in [6, 6.07) is 0.459. The number of ether oxygens (including phenoxy) is 2. The zero-order valence-electron chi connectivity index (χ0n) is 13.5. The largest absolute Gasteiger partial charge is 0.378 e. The molecule has 21 heavy (non-hydrogen) atoms. The Hall–Kier alpha value is -0.160. The Kier molecular flexibility index (Phi) is 5.20. The van der Waals surface area contributed by atoms with Crippen LogP contribution in [0.15, 0.2) is 0 Å². The first-order valence-electron chi connectivity index (χ1n) is 8.94. The molecular formula is C17H32N2O2. The molecule has 3 fully saturated rings. The van der Waals surface area contributed by atoms with Gasteiger partial charge in [0.1, 0.15) is 0 Å². The monoisotopic (exact) mass is 296 g/mol. The lowest BCUT2D eigenvalue weighted by Crippen LogP contribution is -2.52. The molecule has 4 nitrogen and oxygen atoms in total. The molecule has 0 aromatic carbocycles. The number of hydrazine groups is 1. The van der Waals surface area contributed by atoms with Gasteiger partial charge in [0.05, 0.1) is 12.2 Å². The van der Waals surface area contributed by atoms with Crippen molar-refractivity contribution in [1.82, 2.24) is 5.43 Å². The summed E-state index contributed by atoms with van der Waals surface area (Å²) in [5.74, 6) is 8.28. The Bertz CT molecular complexity index is 331. The van der Waals surface area contributed by atoms with Crippen LogP contribution in [0.2, 0.25) is 0 Å². The van der Waals surface area contributed by atoms with Crippen molar-refractivity contribution >= 4 is 0 Å². The summed E-state index contributed by atoms with van der Waals surface area (Å²) in [6.45, 7) is 4.84. The molecule has 122 valence electrons. The maximum atomic E-state index is 6.09. The molecule has 3 rings (SSSR count). The third-order valence-electron chi connectivity index (χ3n) is 6.21. The highest BCUT2D eigenvalue weighted by Gasteiger charge is 2.44. The molecular weight excluding hydrogens is 264 g/mol. The van der Waals surface area contributed by atoms with E-state index in [1.54, 1.807) is 0 Å². The smallest absolute Gasteiger partial charge is 0.0939 e. The quantitative estimate of drug-likeness (QED) is 0.618. The SMILES string of the molecule is CCC1CCCC(C(NN)C2CCOC3(CCOC3)C2)C1. The van der Waals surface area contributed by atoms with E-state index in [1.807, 2.05) is 0 Å².